The van der Waals surface area contributed by atoms with E-state index in [0.29, 0.717) is 11.7 Å². The minimum Gasteiger partial charge on any atom is -0.497 e. The summed E-state index contributed by atoms with van der Waals surface area (Å²) in [6, 6.07) is 12.2. The van der Waals surface area contributed by atoms with Crippen LogP contribution in [0.3, 0.4) is 0 Å². The maximum absolute atomic E-state index is 12.4. The van der Waals surface area contributed by atoms with Crippen LogP contribution in [0.5, 0.6) is 5.75 Å². The van der Waals surface area contributed by atoms with Gasteiger partial charge in [0.1, 0.15) is 5.75 Å². The van der Waals surface area contributed by atoms with Crippen LogP contribution in [0.15, 0.2) is 53.7 Å². The number of pyridine rings is 1. The van der Waals surface area contributed by atoms with Gasteiger partial charge in [0.2, 0.25) is 5.91 Å². The Balaban J connectivity index is 1.50. The number of amides is 1. The fourth-order valence-electron chi connectivity index (χ4n) is 3.03. The molecule has 126 valence electrons. The van der Waals surface area contributed by atoms with Crippen LogP contribution in [-0.2, 0) is 4.79 Å². The monoisotopic (exact) mass is 342 g/mol. The van der Waals surface area contributed by atoms with Crippen LogP contribution >= 0.6 is 11.8 Å². The molecule has 1 fully saturated rings. The summed E-state index contributed by atoms with van der Waals surface area (Å²) in [6.45, 7) is 1.66. The Bertz CT molecular complexity index is 670. The van der Waals surface area contributed by atoms with Crippen molar-refractivity contribution in [3.8, 4) is 5.75 Å². The van der Waals surface area contributed by atoms with Crippen molar-refractivity contribution in [3.63, 3.8) is 0 Å². The number of nitrogens with zero attached hydrogens (tertiary/aromatic N) is 2. The first-order valence-electron chi connectivity index (χ1n) is 8.21. The van der Waals surface area contributed by atoms with Crippen LogP contribution in [0.1, 0.15) is 24.3 Å². The predicted molar refractivity (Wildman–Crippen MR) is 96.5 cm³/mol. The summed E-state index contributed by atoms with van der Waals surface area (Å²) in [4.78, 5) is 19.5. The molecule has 0 aliphatic carbocycles. The lowest BCUT2D eigenvalue weighted by Gasteiger charge is -2.32. The van der Waals surface area contributed by atoms with Gasteiger partial charge in [0.15, 0.2) is 0 Å². The zero-order valence-corrected chi connectivity index (χ0v) is 14.7. The van der Waals surface area contributed by atoms with E-state index in [2.05, 4.69) is 17.1 Å². The van der Waals surface area contributed by atoms with E-state index in [0.717, 1.165) is 36.6 Å². The van der Waals surface area contributed by atoms with Crippen molar-refractivity contribution in [2.75, 3.05) is 26.0 Å². The molecule has 1 saturated heterocycles. The Morgan fingerprint density at radius 1 is 1.25 bits per heavy atom. The molecule has 0 spiro atoms. The van der Waals surface area contributed by atoms with Crippen molar-refractivity contribution in [3.05, 3.63) is 54.4 Å². The number of rotatable bonds is 5. The maximum Gasteiger partial charge on any atom is 0.232 e. The van der Waals surface area contributed by atoms with E-state index < -0.39 is 0 Å². The minimum absolute atomic E-state index is 0.223. The van der Waals surface area contributed by atoms with Crippen LogP contribution in [0.25, 0.3) is 0 Å². The SMILES string of the molecule is COc1cccc(C2CCN(C(=O)CSc3ccncc3)CC2)c1. The van der Waals surface area contributed by atoms with Crippen molar-refractivity contribution in [1.82, 2.24) is 9.88 Å². The largest absolute Gasteiger partial charge is 0.497 e. The van der Waals surface area contributed by atoms with Crippen molar-refractivity contribution >= 4 is 17.7 Å². The first-order valence-corrected chi connectivity index (χ1v) is 9.19. The molecule has 3 rings (SSSR count). The lowest BCUT2D eigenvalue weighted by atomic mass is 9.89. The summed E-state index contributed by atoms with van der Waals surface area (Å²) in [5.41, 5.74) is 1.31. The Morgan fingerprint density at radius 2 is 2.00 bits per heavy atom. The fraction of sp³-hybridized carbons (Fsp3) is 0.368. The first kappa shape index (κ1) is 16.8. The summed E-state index contributed by atoms with van der Waals surface area (Å²) in [6.07, 6.45) is 5.54. The Morgan fingerprint density at radius 3 is 2.71 bits per heavy atom. The van der Waals surface area contributed by atoms with Gasteiger partial charge in [-0.15, -0.1) is 11.8 Å². The zero-order valence-electron chi connectivity index (χ0n) is 13.9. The van der Waals surface area contributed by atoms with Gasteiger partial charge in [0.05, 0.1) is 12.9 Å². The van der Waals surface area contributed by atoms with Crippen molar-refractivity contribution in [2.45, 2.75) is 23.7 Å². The van der Waals surface area contributed by atoms with Crippen LogP contribution in [0.2, 0.25) is 0 Å². The third-order valence-corrected chi connectivity index (χ3v) is 5.42. The van der Waals surface area contributed by atoms with Gasteiger partial charge in [-0.3, -0.25) is 9.78 Å². The van der Waals surface area contributed by atoms with Gasteiger partial charge in [-0.25, -0.2) is 0 Å². The third-order valence-electron chi connectivity index (χ3n) is 4.42. The average Bonchev–Trinajstić information content (AvgIpc) is 2.67. The summed E-state index contributed by atoms with van der Waals surface area (Å²) >= 11 is 1.58. The average molecular weight is 342 g/mol. The summed E-state index contributed by atoms with van der Waals surface area (Å²) in [5.74, 6) is 2.13. The van der Waals surface area contributed by atoms with Crippen molar-refractivity contribution < 1.29 is 9.53 Å². The van der Waals surface area contributed by atoms with Crippen LogP contribution in [-0.4, -0.2) is 41.7 Å². The molecule has 0 N–H and O–H groups in total. The lowest BCUT2D eigenvalue weighted by molar-refractivity contribution is -0.129. The topological polar surface area (TPSA) is 42.4 Å². The number of aromatic nitrogens is 1. The Hall–Kier alpha value is -2.01. The molecule has 1 amide bonds. The molecule has 0 atom stereocenters. The van der Waals surface area contributed by atoms with Gasteiger partial charge in [0.25, 0.3) is 0 Å². The van der Waals surface area contributed by atoms with Gasteiger partial charge >= 0.3 is 0 Å². The van der Waals surface area contributed by atoms with Crippen LogP contribution in [0.4, 0.5) is 0 Å². The molecule has 1 aliphatic heterocycles. The number of carbonyl (C=O) groups is 1. The van der Waals surface area contributed by atoms with Gasteiger partial charge < -0.3 is 9.64 Å². The molecular weight excluding hydrogens is 320 g/mol. The normalized spacial score (nSPS) is 15.3. The number of ether oxygens (including phenoxy) is 1. The Kier molecular flexibility index (Phi) is 5.75. The summed E-state index contributed by atoms with van der Waals surface area (Å²) < 4.78 is 5.31. The summed E-state index contributed by atoms with van der Waals surface area (Å²) in [5, 5.41) is 0. The number of likely N-dealkylation sites (tertiary alicyclic amines) is 1. The third kappa shape index (κ3) is 4.29. The predicted octanol–water partition coefficient (Wildman–Crippen LogP) is 3.59. The molecule has 0 radical (unpaired) electrons. The number of hydrogen-bond acceptors (Lipinski definition) is 4. The second-order valence-electron chi connectivity index (χ2n) is 5.90. The second kappa shape index (κ2) is 8.20. The highest BCUT2D eigenvalue weighted by molar-refractivity contribution is 8.00. The number of benzene rings is 1. The molecule has 0 bridgehead atoms. The quantitative estimate of drug-likeness (QED) is 0.779. The first-order chi connectivity index (χ1) is 11.8. The van der Waals surface area contributed by atoms with Gasteiger partial charge in [0, 0.05) is 30.4 Å². The standard InChI is InChI=1S/C19H22N2O2S/c1-23-17-4-2-3-16(13-17)15-7-11-21(12-8-15)19(22)14-24-18-5-9-20-10-6-18/h2-6,9-10,13,15H,7-8,11-12,14H2,1H3. The van der Waals surface area contributed by atoms with Crippen molar-refractivity contribution in [2.24, 2.45) is 0 Å². The number of thioether (sulfide) groups is 1. The molecule has 1 aliphatic rings. The summed E-state index contributed by atoms with van der Waals surface area (Å²) in [7, 11) is 1.70. The molecule has 0 unspecified atom stereocenters. The maximum atomic E-state index is 12.4. The van der Waals surface area contributed by atoms with E-state index in [-0.39, 0.29) is 5.91 Å². The number of carbonyl (C=O) groups excluding carboxylic acids is 1. The Labute approximate surface area is 147 Å². The molecule has 1 aromatic heterocycles. The molecule has 0 saturated carbocycles. The number of hydrogen-bond donors (Lipinski definition) is 0. The molecule has 2 heterocycles. The van der Waals surface area contributed by atoms with E-state index in [4.69, 9.17) is 4.74 Å². The molecule has 5 heteroatoms. The number of methoxy groups -OCH3 is 1. The molecule has 2 aromatic rings. The molecule has 24 heavy (non-hydrogen) atoms. The fourth-order valence-corrected chi connectivity index (χ4v) is 3.82. The van der Waals surface area contributed by atoms with E-state index in [1.54, 1.807) is 31.3 Å². The van der Waals surface area contributed by atoms with Gasteiger partial charge in [-0.2, -0.15) is 0 Å². The van der Waals surface area contributed by atoms with E-state index in [1.165, 1.54) is 5.56 Å². The van der Waals surface area contributed by atoms with Crippen molar-refractivity contribution in [1.29, 1.82) is 0 Å². The second-order valence-corrected chi connectivity index (χ2v) is 6.95. The van der Waals surface area contributed by atoms with Gasteiger partial charge in [-0.1, -0.05) is 12.1 Å². The molecule has 4 nitrogen and oxygen atoms in total. The van der Waals surface area contributed by atoms with E-state index in [9.17, 15) is 4.79 Å². The number of piperidine rings is 1. The highest BCUT2D eigenvalue weighted by Crippen LogP contribution is 2.30. The van der Waals surface area contributed by atoms with Crippen LogP contribution in [0, 0.1) is 0 Å². The van der Waals surface area contributed by atoms with Gasteiger partial charge in [-0.05, 0) is 48.6 Å². The zero-order chi connectivity index (χ0) is 16.8. The van der Waals surface area contributed by atoms with Crippen LogP contribution < -0.4 is 4.74 Å². The van der Waals surface area contributed by atoms with E-state index in [1.807, 2.05) is 29.2 Å². The van der Waals surface area contributed by atoms with E-state index >= 15 is 0 Å². The smallest absolute Gasteiger partial charge is 0.232 e. The highest BCUT2D eigenvalue weighted by atomic mass is 32.2. The lowest BCUT2D eigenvalue weighted by Crippen LogP contribution is -2.38. The molecular formula is C19H22N2O2S. The molecule has 1 aromatic carbocycles. The highest BCUT2D eigenvalue weighted by Gasteiger charge is 2.23. The minimum atomic E-state index is 0.223.